The third-order valence-electron chi connectivity index (χ3n) is 7.50. The fraction of sp³-hybridized carbons (Fsp3) is 0.333. The lowest BCUT2D eigenvalue weighted by molar-refractivity contribution is -0.0593. The van der Waals surface area contributed by atoms with Crippen molar-refractivity contribution in [3.05, 3.63) is 82.9 Å². The van der Waals surface area contributed by atoms with E-state index in [-0.39, 0.29) is 23.8 Å². The van der Waals surface area contributed by atoms with Crippen LogP contribution in [0.3, 0.4) is 0 Å². The molecule has 4 heterocycles. The molecule has 6 rings (SSSR count). The fourth-order valence-corrected chi connectivity index (χ4v) is 5.13. The summed E-state index contributed by atoms with van der Waals surface area (Å²) in [5.41, 5.74) is 2.48. The number of benzene rings is 2. The number of carbonyl (C=O) groups is 1. The molecule has 2 aromatic heterocycles. The quantitative estimate of drug-likeness (QED) is 0.281. The topological polar surface area (TPSA) is 126 Å². The van der Waals surface area contributed by atoms with Crippen LogP contribution in [0.15, 0.2) is 54.6 Å². The van der Waals surface area contributed by atoms with Crippen molar-refractivity contribution in [3.8, 4) is 11.9 Å². The Bertz CT molecular complexity index is 1620. The van der Waals surface area contributed by atoms with E-state index < -0.39 is 11.8 Å². The van der Waals surface area contributed by atoms with E-state index >= 15 is 0 Å². The van der Waals surface area contributed by atoms with Gasteiger partial charge in [0.15, 0.2) is 0 Å². The van der Waals surface area contributed by atoms with E-state index in [9.17, 15) is 14.3 Å². The van der Waals surface area contributed by atoms with Gasteiger partial charge in [0.2, 0.25) is 5.88 Å². The molecule has 0 aliphatic carbocycles. The number of hydrogen-bond acceptors (Lipinski definition) is 8. The van der Waals surface area contributed by atoms with Crippen molar-refractivity contribution in [3.63, 3.8) is 0 Å². The van der Waals surface area contributed by atoms with E-state index in [1.165, 1.54) is 6.07 Å². The van der Waals surface area contributed by atoms with E-state index in [1.807, 2.05) is 18.2 Å². The Morgan fingerprint density at radius 2 is 2.05 bits per heavy atom. The summed E-state index contributed by atoms with van der Waals surface area (Å²) in [5.74, 6) is 0.971. The van der Waals surface area contributed by atoms with Gasteiger partial charge >= 0.3 is 5.97 Å². The number of imidazole rings is 1. The van der Waals surface area contributed by atoms with Crippen LogP contribution < -0.4 is 10.1 Å². The monoisotopic (exact) mass is 556 g/mol. The largest absolute Gasteiger partial charge is 0.478 e. The summed E-state index contributed by atoms with van der Waals surface area (Å²) < 4.78 is 27.6. The minimum absolute atomic E-state index is 0.0147. The molecule has 11 heteroatoms. The second-order valence-corrected chi connectivity index (χ2v) is 10.4. The number of pyridine rings is 1. The number of aromatic carboxylic acids is 1. The molecule has 0 amide bonds. The maximum atomic E-state index is 14.1. The Morgan fingerprint density at radius 1 is 1.20 bits per heavy atom. The number of carboxylic acid groups (broad SMARTS) is 1. The van der Waals surface area contributed by atoms with E-state index in [4.69, 9.17) is 19.7 Å². The summed E-state index contributed by atoms with van der Waals surface area (Å²) >= 11 is 0. The van der Waals surface area contributed by atoms with Gasteiger partial charge in [0.05, 0.1) is 47.4 Å². The minimum atomic E-state index is -0.953. The SMILES string of the molecule is N#Cc1ccc(COc2cccc(NCC3CN(Cc4nc5ccc(C(=O)O)cc5n4C[C@@H]4CCO4)C3)n2)c(F)c1. The lowest BCUT2D eigenvalue weighted by atomic mass is 10.0. The van der Waals surface area contributed by atoms with Gasteiger partial charge in [0.1, 0.15) is 24.1 Å². The molecule has 4 aromatic rings. The number of ether oxygens (including phenoxy) is 2. The van der Waals surface area contributed by atoms with Gasteiger partial charge in [-0.15, -0.1) is 0 Å². The van der Waals surface area contributed by atoms with E-state index in [0.29, 0.717) is 36.3 Å². The average molecular weight is 557 g/mol. The molecule has 0 bridgehead atoms. The first-order chi connectivity index (χ1) is 19.9. The number of aromatic nitrogens is 3. The lowest BCUT2D eigenvalue weighted by Gasteiger charge is -2.39. The number of fused-ring (bicyclic) bond motifs is 1. The number of rotatable bonds is 11. The lowest BCUT2D eigenvalue weighted by Crippen LogP contribution is -2.49. The third-order valence-corrected chi connectivity index (χ3v) is 7.50. The van der Waals surface area contributed by atoms with Crippen molar-refractivity contribution in [2.45, 2.75) is 32.2 Å². The zero-order valence-electron chi connectivity index (χ0n) is 22.3. The molecule has 2 fully saturated rings. The van der Waals surface area contributed by atoms with Gasteiger partial charge in [-0.25, -0.2) is 14.2 Å². The molecule has 1 atom stereocenters. The average Bonchev–Trinajstić information content (AvgIpc) is 3.27. The minimum Gasteiger partial charge on any atom is -0.478 e. The Kier molecular flexibility index (Phi) is 7.50. The van der Waals surface area contributed by atoms with Gasteiger partial charge < -0.3 is 24.5 Å². The van der Waals surface area contributed by atoms with Crippen molar-refractivity contribution in [1.29, 1.82) is 5.26 Å². The van der Waals surface area contributed by atoms with E-state index in [1.54, 1.807) is 36.4 Å². The Morgan fingerprint density at radius 3 is 2.78 bits per heavy atom. The van der Waals surface area contributed by atoms with Gasteiger partial charge in [0.25, 0.3) is 0 Å². The molecule has 0 radical (unpaired) electrons. The third kappa shape index (κ3) is 5.99. The summed E-state index contributed by atoms with van der Waals surface area (Å²) in [5, 5.41) is 21.7. The summed E-state index contributed by atoms with van der Waals surface area (Å²) in [6.07, 6.45) is 1.12. The summed E-state index contributed by atoms with van der Waals surface area (Å²) in [4.78, 5) is 23.1. The van der Waals surface area contributed by atoms with Crippen LogP contribution in [0.4, 0.5) is 10.2 Å². The maximum absolute atomic E-state index is 14.1. The molecule has 0 saturated carbocycles. The first-order valence-electron chi connectivity index (χ1n) is 13.5. The molecular formula is C30H29FN6O4. The fourth-order valence-electron chi connectivity index (χ4n) is 5.13. The number of carboxylic acids is 1. The molecule has 2 aromatic carbocycles. The predicted octanol–water partition coefficient (Wildman–Crippen LogP) is 4.05. The highest BCUT2D eigenvalue weighted by molar-refractivity contribution is 5.92. The first kappa shape index (κ1) is 26.7. The Labute approximate surface area is 236 Å². The van der Waals surface area contributed by atoms with Crippen LogP contribution in [0.25, 0.3) is 11.0 Å². The normalized spacial score (nSPS) is 17.0. The van der Waals surface area contributed by atoms with E-state index in [2.05, 4.69) is 19.8 Å². The number of hydrogen-bond donors (Lipinski definition) is 2. The van der Waals surface area contributed by atoms with Crippen molar-refractivity contribution >= 4 is 22.8 Å². The van der Waals surface area contributed by atoms with Crippen LogP contribution in [-0.2, 0) is 24.4 Å². The molecule has 2 saturated heterocycles. The zero-order chi connectivity index (χ0) is 28.3. The van der Waals surface area contributed by atoms with Gasteiger partial charge in [0, 0.05) is 43.8 Å². The van der Waals surface area contributed by atoms with Gasteiger partial charge in [-0.3, -0.25) is 4.90 Å². The molecule has 41 heavy (non-hydrogen) atoms. The summed E-state index contributed by atoms with van der Waals surface area (Å²) in [6.45, 7) is 4.64. The highest BCUT2D eigenvalue weighted by Crippen LogP contribution is 2.26. The molecular weight excluding hydrogens is 527 g/mol. The second-order valence-electron chi connectivity index (χ2n) is 10.4. The van der Waals surface area contributed by atoms with Crippen molar-refractivity contribution in [2.75, 3.05) is 31.6 Å². The number of halogens is 1. The Balaban J connectivity index is 1.03. The molecule has 2 aliphatic rings. The smallest absolute Gasteiger partial charge is 0.335 e. The van der Waals surface area contributed by atoms with Crippen molar-refractivity contribution < 1.29 is 23.8 Å². The number of nitriles is 1. The highest BCUT2D eigenvalue weighted by atomic mass is 19.1. The number of nitrogens with one attached hydrogen (secondary N) is 1. The van der Waals surface area contributed by atoms with Crippen molar-refractivity contribution in [2.24, 2.45) is 5.92 Å². The van der Waals surface area contributed by atoms with Gasteiger partial charge in [-0.1, -0.05) is 12.1 Å². The second kappa shape index (κ2) is 11.5. The number of likely N-dealkylation sites (tertiary alicyclic amines) is 1. The maximum Gasteiger partial charge on any atom is 0.335 e. The summed E-state index contributed by atoms with van der Waals surface area (Å²) in [6, 6.07) is 16.7. The van der Waals surface area contributed by atoms with Crippen LogP contribution in [0.5, 0.6) is 5.88 Å². The molecule has 0 spiro atoms. The zero-order valence-corrected chi connectivity index (χ0v) is 22.3. The molecule has 10 nitrogen and oxygen atoms in total. The van der Waals surface area contributed by atoms with Crippen LogP contribution in [0.2, 0.25) is 0 Å². The first-order valence-corrected chi connectivity index (χ1v) is 13.5. The van der Waals surface area contributed by atoms with Crippen LogP contribution >= 0.6 is 0 Å². The summed E-state index contributed by atoms with van der Waals surface area (Å²) in [7, 11) is 0. The Hall–Kier alpha value is -4.53. The molecule has 0 unspecified atom stereocenters. The van der Waals surface area contributed by atoms with Gasteiger partial charge in [-0.2, -0.15) is 10.2 Å². The standard InChI is InChI=1S/C30H29FN6O4/c31-24-10-19(12-32)4-5-22(24)18-41-29-3-1-2-27(35-29)33-13-20-14-36(15-20)17-28-34-25-7-6-21(30(38)39)11-26(25)37(28)16-23-8-9-40-23/h1-7,10-11,20,23H,8-9,13-18H2,(H,33,35)(H,38,39)/t23-/m0/s1. The molecule has 2 N–H and O–H groups in total. The number of nitrogens with zero attached hydrogens (tertiary/aromatic N) is 5. The van der Waals surface area contributed by atoms with Crippen LogP contribution in [0, 0.1) is 23.1 Å². The number of anilines is 1. The van der Waals surface area contributed by atoms with E-state index in [0.717, 1.165) is 49.5 Å². The predicted molar refractivity (Wildman–Crippen MR) is 148 cm³/mol. The van der Waals surface area contributed by atoms with Gasteiger partial charge in [-0.05, 0) is 42.8 Å². The van der Waals surface area contributed by atoms with Crippen LogP contribution in [-0.4, -0.2) is 62.9 Å². The molecule has 210 valence electrons. The van der Waals surface area contributed by atoms with Crippen LogP contribution in [0.1, 0.15) is 33.7 Å². The van der Waals surface area contributed by atoms with Crippen molar-refractivity contribution in [1.82, 2.24) is 19.4 Å². The molecule has 2 aliphatic heterocycles. The highest BCUT2D eigenvalue weighted by Gasteiger charge is 2.29.